The number of rotatable bonds is 6. The fourth-order valence-corrected chi connectivity index (χ4v) is 4.44. The molecule has 1 heterocycles. The van der Waals surface area contributed by atoms with Crippen molar-refractivity contribution in [3.05, 3.63) is 75.0 Å². The smallest absolute Gasteiger partial charge is 0.267 e. The molecule has 2 aromatic carbocycles. The molecule has 0 spiro atoms. The number of nitrogens with zero attached hydrogens (tertiary/aromatic N) is 2. The van der Waals surface area contributed by atoms with Crippen LogP contribution in [0.3, 0.4) is 0 Å². The van der Waals surface area contributed by atoms with Gasteiger partial charge in [0.15, 0.2) is 5.03 Å². The third-order valence-corrected chi connectivity index (χ3v) is 6.46. The second kappa shape index (κ2) is 8.80. The van der Waals surface area contributed by atoms with Gasteiger partial charge >= 0.3 is 0 Å². The standard InChI is InChI=1S/C20H18BrN3O5S/c1-13-6-7-17(16(21)10-13)22-18(25)12-24-20(26)9-8-19(23-24)30(27,28)15-5-3-4-14(11-15)29-2/h3-11H,12H2,1-2H3,(H,22,25). The van der Waals surface area contributed by atoms with Gasteiger partial charge in [0.05, 0.1) is 17.7 Å². The molecular weight excluding hydrogens is 474 g/mol. The number of carbonyl (C=O) groups excluding carboxylic acids is 1. The predicted molar refractivity (Wildman–Crippen MR) is 114 cm³/mol. The van der Waals surface area contributed by atoms with E-state index in [9.17, 15) is 18.0 Å². The van der Waals surface area contributed by atoms with Gasteiger partial charge in [-0.3, -0.25) is 9.59 Å². The minimum Gasteiger partial charge on any atom is -0.497 e. The van der Waals surface area contributed by atoms with Crippen molar-refractivity contribution in [2.75, 3.05) is 12.4 Å². The molecule has 0 atom stereocenters. The van der Waals surface area contributed by atoms with Crippen LogP contribution in [0.1, 0.15) is 5.56 Å². The third-order valence-electron chi connectivity index (χ3n) is 4.16. The summed E-state index contributed by atoms with van der Waals surface area (Å²) >= 11 is 3.36. The molecule has 0 saturated carbocycles. The van der Waals surface area contributed by atoms with Crippen molar-refractivity contribution >= 4 is 37.4 Å². The van der Waals surface area contributed by atoms with E-state index in [1.807, 2.05) is 19.1 Å². The summed E-state index contributed by atoms with van der Waals surface area (Å²) in [5, 5.41) is 6.22. The van der Waals surface area contributed by atoms with Crippen LogP contribution in [0.25, 0.3) is 0 Å². The van der Waals surface area contributed by atoms with Crippen LogP contribution in [0.5, 0.6) is 5.75 Å². The summed E-state index contributed by atoms with van der Waals surface area (Å²) in [4.78, 5) is 24.5. The minimum absolute atomic E-state index is 0.0346. The number of aryl methyl sites for hydroxylation is 1. The van der Waals surface area contributed by atoms with Gasteiger partial charge < -0.3 is 10.1 Å². The summed E-state index contributed by atoms with van der Waals surface area (Å²) in [6.45, 7) is 1.47. The highest BCUT2D eigenvalue weighted by atomic mass is 79.9. The number of amides is 1. The number of sulfone groups is 1. The molecule has 0 radical (unpaired) electrons. The lowest BCUT2D eigenvalue weighted by molar-refractivity contribution is -0.117. The highest BCUT2D eigenvalue weighted by Crippen LogP contribution is 2.24. The Bertz CT molecular complexity index is 1270. The van der Waals surface area contributed by atoms with Crippen LogP contribution in [-0.4, -0.2) is 31.2 Å². The molecule has 156 valence electrons. The van der Waals surface area contributed by atoms with Gasteiger partial charge in [-0.1, -0.05) is 12.1 Å². The quantitative estimate of drug-likeness (QED) is 0.567. The molecule has 1 aromatic heterocycles. The number of ether oxygens (including phenoxy) is 1. The van der Waals surface area contributed by atoms with Crippen LogP contribution in [0, 0.1) is 6.92 Å². The van der Waals surface area contributed by atoms with E-state index >= 15 is 0 Å². The monoisotopic (exact) mass is 491 g/mol. The van der Waals surface area contributed by atoms with Crippen LogP contribution in [-0.2, 0) is 21.2 Å². The van der Waals surface area contributed by atoms with E-state index in [4.69, 9.17) is 4.74 Å². The predicted octanol–water partition coefficient (Wildman–Crippen LogP) is 2.79. The Labute approximate surface area is 181 Å². The topological polar surface area (TPSA) is 107 Å². The Morgan fingerprint density at radius 2 is 1.93 bits per heavy atom. The summed E-state index contributed by atoms with van der Waals surface area (Å²) in [5.74, 6) is -0.155. The van der Waals surface area contributed by atoms with E-state index in [0.717, 1.165) is 22.4 Å². The van der Waals surface area contributed by atoms with Gasteiger partial charge in [0.2, 0.25) is 15.7 Å². The zero-order valence-corrected chi connectivity index (χ0v) is 18.5. The lowest BCUT2D eigenvalue weighted by atomic mass is 10.2. The molecule has 3 aromatic rings. The molecule has 0 unspecified atom stereocenters. The molecule has 3 rings (SSSR count). The first kappa shape index (κ1) is 21.7. The number of anilines is 1. The van der Waals surface area contributed by atoms with Crippen molar-refractivity contribution in [1.82, 2.24) is 9.78 Å². The highest BCUT2D eigenvalue weighted by Gasteiger charge is 2.21. The molecule has 0 saturated heterocycles. The molecule has 0 aliphatic rings. The van der Waals surface area contributed by atoms with Crippen molar-refractivity contribution in [3.63, 3.8) is 0 Å². The zero-order valence-electron chi connectivity index (χ0n) is 16.1. The maximum absolute atomic E-state index is 12.9. The number of hydrogen-bond donors (Lipinski definition) is 1. The number of methoxy groups -OCH3 is 1. The van der Waals surface area contributed by atoms with E-state index in [1.54, 1.807) is 12.1 Å². The van der Waals surface area contributed by atoms with Gasteiger partial charge in [-0.05, 0) is 64.8 Å². The molecule has 30 heavy (non-hydrogen) atoms. The lowest BCUT2D eigenvalue weighted by Crippen LogP contribution is -2.30. The van der Waals surface area contributed by atoms with E-state index in [-0.39, 0.29) is 9.92 Å². The van der Waals surface area contributed by atoms with Crippen LogP contribution < -0.4 is 15.6 Å². The number of aromatic nitrogens is 2. The van der Waals surface area contributed by atoms with Gasteiger partial charge in [0.1, 0.15) is 12.3 Å². The molecule has 0 bridgehead atoms. The van der Waals surface area contributed by atoms with E-state index in [0.29, 0.717) is 15.9 Å². The average Bonchev–Trinajstić information content (AvgIpc) is 2.71. The van der Waals surface area contributed by atoms with Crippen molar-refractivity contribution < 1.29 is 17.9 Å². The van der Waals surface area contributed by atoms with Crippen LogP contribution in [0.4, 0.5) is 5.69 Å². The minimum atomic E-state index is -4.01. The van der Waals surface area contributed by atoms with Gasteiger partial charge in [0, 0.05) is 10.5 Å². The summed E-state index contributed by atoms with van der Waals surface area (Å²) in [6.07, 6.45) is 0. The molecule has 10 heteroatoms. The van der Waals surface area contributed by atoms with E-state index < -0.39 is 27.8 Å². The van der Waals surface area contributed by atoms with Crippen LogP contribution >= 0.6 is 15.9 Å². The van der Waals surface area contributed by atoms with Crippen molar-refractivity contribution in [2.45, 2.75) is 23.4 Å². The highest BCUT2D eigenvalue weighted by molar-refractivity contribution is 9.10. The molecule has 8 nitrogen and oxygen atoms in total. The first-order chi connectivity index (χ1) is 14.2. The Kier molecular flexibility index (Phi) is 6.37. The number of nitrogens with one attached hydrogen (secondary N) is 1. The Hall–Kier alpha value is -2.98. The van der Waals surface area contributed by atoms with Crippen molar-refractivity contribution in [3.8, 4) is 5.75 Å². The number of carbonyl (C=O) groups is 1. The molecule has 1 amide bonds. The fourth-order valence-electron chi connectivity index (χ4n) is 2.62. The van der Waals surface area contributed by atoms with Crippen LogP contribution in [0.2, 0.25) is 0 Å². The first-order valence-corrected chi connectivity index (χ1v) is 11.0. The number of halogens is 1. The summed E-state index contributed by atoms with van der Waals surface area (Å²) in [5.41, 5.74) is 0.935. The SMILES string of the molecule is COc1cccc(S(=O)(=O)c2ccc(=O)n(CC(=O)Nc3ccc(C)cc3Br)n2)c1. The van der Waals surface area contributed by atoms with Gasteiger partial charge in [-0.25, -0.2) is 13.1 Å². The summed E-state index contributed by atoms with van der Waals surface area (Å²) in [7, 11) is -2.58. The molecule has 0 aliphatic heterocycles. The fraction of sp³-hybridized carbons (Fsp3) is 0.150. The normalized spacial score (nSPS) is 11.2. The van der Waals surface area contributed by atoms with Crippen LogP contribution in [0.15, 0.2) is 73.8 Å². The Balaban J connectivity index is 1.87. The molecule has 1 N–H and O–H groups in total. The third kappa shape index (κ3) is 4.77. The van der Waals surface area contributed by atoms with Gasteiger partial charge in [-0.15, -0.1) is 0 Å². The second-order valence-electron chi connectivity index (χ2n) is 6.38. The van der Waals surface area contributed by atoms with E-state index in [2.05, 4.69) is 26.3 Å². The Morgan fingerprint density at radius 3 is 2.63 bits per heavy atom. The number of benzene rings is 2. The second-order valence-corrected chi connectivity index (χ2v) is 9.13. The number of hydrogen-bond acceptors (Lipinski definition) is 6. The van der Waals surface area contributed by atoms with Crippen molar-refractivity contribution in [1.29, 1.82) is 0 Å². The lowest BCUT2D eigenvalue weighted by Gasteiger charge is -2.10. The largest absolute Gasteiger partial charge is 0.497 e. The van der Waals surface area contributed by atoms with Crippen molar-refractivity contribution in [2.24, 2.45) is 0 Å². The maximum atomic E-state index is 12.9. The first-order valence-electron chi connectivity index (χ1n) is 8.74. The summed E-state index contributed by atoms with van der Waals surface area (Å²) < 4.78 is 32.3. The molecule has 0 aliphatic carbocycles. The molecule has 0 fully saturated rings. The maximum Gasteiger partial charge on any atom is 0.267 e. The summed E-state index contributed by atoms with van der Waals surface area (Å²) in [6, 6.07) is 13.5. The zero-order chi connectivity index (χ0) is 21.9. The van der Waals surface area contributed by atoms with Gasteiger partial charge in [-0.2, -0.15) is 5.10 Å². The average molecular weight is 492 g/mol. The van der Waals surface area contributed by atoms with E-state index in [1.165, 1.54) is 25.3 Å². The van der Waals surface area contributed by atoms with Gasteiger partial charge in [0.25, 0.3) is 5.56 Å². The molecular formula is C20H18BrN3O5S. The Morgan fingerprint density at radius 1 is 1.17 bits per heavy atom.